The van der Waals surface area contributed by atoms with Gasteiger partial charge in [0.1, 0.15) is 0 Å². The van der Waals surface area contributed by atoms with E-state index in [2.05, 4.69) is 5.32 Å². The third-order valence-corrected chi connectivity index (χ3v) is 2.53. The molecule has 17 heavy (non-hydrogen) atoms. The van der Waals surface area contributed by atoms with Crippen molar-refractivity contribution in [3.63, 3.8) is 0 Å². The molecule has 0 aromatic rings. The Bertz CT molecular complexity index is 246. The van der Waals surface area contributed by atoms with Crippen molar-refractivity contribution in [1.29, 1.82) is 0 Å². The minimum atomic E-state index is -0.942. The summed E-state index contributed by atoms with van der Waals surface area (Å²) in [5, 5.41) is 11.3. The molecule has 4 N–H and O–H groups in total. The number of carboxylic acids is 1. The maximum absolute atomic E-state index is 11.6. The van der Waals surface area contributed by atoms with Gasteiger partial charge in [-0.3, -0.25) is 9.59 Å². The highest BCUT2D eigenvalue weighted by Crippen LogP contribution is 2.05. The molecule has 0 bridgehead atoms. The van der Waals surface area contributed by atoms with E-state index < -0.39 is 12.1 Å². The fourth-order valence-corrected chi connectivity index (χ4v) is 1.38. The zero-order valence-corrected chi connectivity index (χ0v) is 10.4. The van der Waals surface area contributed by atoms with Crippen LogP contribution < -0.4 is 11.1 Å². The van der Waals surface area contributed by atoms with Crippen LogP contribution in [0.2, 0.25) is 0 Å². The van der Waals surface area contributed by atoms with Crippen LogP contribution in [0.25, 0.3) is 0 Å². The minimum Gasteiger partial charge on any atom is -0.481 e. The highest BCUT2D eigenvalue weighted by Gasteiger charge is 2.16. The molecular formula is C11H22N2O4. The summed E-state index contributed by atoms with van der Waals surface area (Å²) in [6.45, 7) is 2.61. The fourth-order valence-electron chi connectivity index (χ4n) is 1.38. The molecule has 0 rings (SSSR count). The first-order valence-electron chi connectivity index (χ1n) is 5.73. The van der Waals surface area contributed by atoms with Crippen molar-refractivity contribution in [2.75, 3.05) is 20.2 Å². The topological polar surface area (TPSA) is 102 Å². The first kappa shape index (κ1) is 15.9. The van der Waals surface area contributed by atoms with Crippen molar-refractivity contribution in [1.82, 2.24) is 5.32 Å². The SMILES string of the molecule is COC(CNC(=O)C(C)CCCN)CC(=O)O. The smallest absolute Gasteiger partial charge is 0.306 e. The van der Waals surface area contributed by atoms with E-state index in [1.54, 1.807) is 0 Å². The lowest BCUT2D eigenvalue weighted by Gasteiger charge is -2.16. The van der Waals surface area contributed by atoms with Gasteiger partial charge in [0.05, 0.1) is 12.5 Å². The van der Waals surface area contributed by atoms with Gasteiger partial charge < -0.3 is 20.9 Å². The quantitative estimate of drug-likeness (QED) is 0.530. The maximum atomic E-state index is 11.6. The van der Waals surface area contributed by atoms with E-state index in [0.717, 1.165) is 12.8 Å². The van der Waals surface area contributed by atoms with E-state index in [9.17, 15) is 9.59 Å². The summed E-state index contributed by atoms with van der Waals surface area (Å²) in [6, 6.07) is 0. The van der Waals surface area contributed by atoms with Crippen LogP contribution in [0.4, 0.5) is 0 Å². The Morgan fingerprint density at radius 1 is 1.47 bits per heavy atom. The van der Waals surface area contributed by atoms with Gasteiger partial charge in [0.25, 0.3) is 0 Å². The minimum absolute atomic E-state index is 0.0918. The molecule has 2 unspecified atom stereocenters. The largest absolute Gasteiger partial charge is 0.481 e. The third-order valence-electron chi connectivity index (χ3n) is 2.53. The number of amides is 1. The van der Waals surface area contributed by atoms with Crippen LogP contribution in [0.15, 0.2) is 0 Å². The molecule has 0 radical (unpaired) electrons. The summed E-state index contributed by atoms with van der Waals surface area (Å²) in [6.07, 6.45) is 0.933. The second kappa shape index (κ2) is 8.95. The number of nitrogens with one attached hydrogen (secondary N) is 1. The van der Waals surface area contributed by atoms with E-state index in [-0.39, 0.29) is 24.8 Å². The number of carboxylic acid groups (broad SMARTS) is 1. The Morgan fingerprint density at radius 3 is 2.59 bits per heavy atom. The predicted octanol–water partition coefficient (Wildman–Crippen LogP) is -0.0327. The predicted molar refractivity (Wildman–Crippen MR) is 63.5 cm³/mol. The van der Waals surface area contributed by atoms with Crippen molar-refractivity contribution in [3.8, 4) is 0 Å². The Morgan fingerprint density at radius 2 is 2.12 bits per heavy atom. The first-order chi connectivity index (χ1) is 8.01. The number of carbonyl (C=O) groups excluding carboxylic acids is 1. The number of aliphatic carboxylic acids is 1. The highest BCUT2D eigenvalue weighted by molar-refractivity contribution is 5.78. The average Bonchev–Trinajstić information content (AvgIpc) is 2.30. The van der Waals surface area contributed by atoms with Gasteiger partial charge in [-0.1, -0.05) is 6.92 Å². The number of ether oxygens (including phenoxy) is 1. The van der Waals surface area contributed by atoms with Gasteiger partial charge in [0.15, 0.2) is 0 Å². The number of hydrogen-bond acceptors (Lipinski definition) is 4. The van der Waals surface area contributed by atoms with Crippen LogP contribution in [-0.2, 0) is 14.3 Å². The van der Waals surface area contributed by atoms with Crippen molar-refractivity contribution in [3.05, 3.63) is 0 Å². The van der Waals surface area contributed by atoms with Gasteiger partial charge in [0, 0.05) is 19.6 Å². The van der Waals surface area contributed by atoms with Crippen LogP contribution in [0, 0.1) is 5.92 Å². The molecule has 1 amide bonds. The van der Waals surface area contributed by atoms with E-state index in [0.29, 0.717) is 6.54 Å². The Kier molecular flexibility index (Phi) is 8.35. The van der Waals surface area contributed by atoms with Gasteiger partial charge in [-0.25, -0.2) is 0 Å². The van der Waals surface area contributed by atoms with Gasteiger partial charge in [-0.05, 0) is 19.4 Å². The molecular weight excluding hydrogens is 224 g/mol. The number of hydrogen-bond donors (Lipinski definition) is 3. The lowest BCUT2D eigenvalue weighted by atomic mass is 10.0. The summed E-state index contributed by atoms with van der Waals surface area (Å²) in [5.41, 5.74) is 5.36. The van der Waals surface area contributed by atoms with Crippen LogP contribution in [0.5, 0.6) is 0 Å². The number of methoxy groups -OCH3 is 1. The zero-order chi connectivity index (χ0) is 13.3. The molecule has 0 spiro atoms. The summed E-state index contributed by atoms with van der Waals surface area (Å²) < 4.78 is 4.96. The third kappa shape index (κ3) is 7.70. The highest BCUT2D eigenvalue weighted by atomic mass is 16.5. The summed E-state index contributed by atoms with van der Waals surface area (Å²) >= 11 is 0. The fraction of sp³-hybridized carbons (Fsp3) is 0.818. The molecule has 0 aliphatic rings. The molecule has 0 saturated carbocycles. The van der Waals surface area contributed by atoms with E-state index >= 15 is 0 Å². The van der Waals surface area contributed by atoms with Gasteiger partial charge >= 0.3 is 5.97 Å². The van der Waals surface area contributed by atoms with Crippen molar-refractivity contribution in [2.24, 2.45) is 11.7 Å². The standard InChI is InChI=1S/C11H22N2O4/c1-8(4-3-5-12)11(16)13-7-9(17-2)6-10(14)15/h8-9H,3-7,12H2,1-2H3,(H,13,16)(H,14,15). The van der Waals surface area contributed by atoms with Crippen LogP contribution in [-0.4, -0.2) is 43.3 Å². The van der Waals surface area contributed by atoms with E-state index in [4.69, 9.17) is 15.6 Å². The molecule has 6 nitrogen and oxygen atoms in total. The van der Waals surface area contributed by atoms with Crippen LogP contribution in [0.1, 0.15) is 26.2 Å². The molecule has 6 heteroatoms. The lowest BCUT2D eigenvalue weighted by molar-refractivity contribution is -0.140. The van der Waals surface area contributed by atoms with E-state index in [1.807, 2.05) is 6.92 Å². The Labute approximate surface area is 102 Å². The van der Waals surface area contributed by atoms with Gasteiger partial charge in [-0.15, -0.1) is 0 Å². The molecule has 0 aliphatic heterocycles. The molecule has 0 aromatic heterocycles. The number of carbonyl (C=O) groups is 2. The second-order valence-corrected chi connectivity index (χ2v) is 4.03. The van der Waals surface area contributed by atoms with Crippen molar-refractivity contribution >= 4 is 11.9 Å². The number of rotatable bonds is 9. The Hall–Kier alpha value is -1.14. The molecule has 0 saturated heterocycles. The van der Waals surface area contributed by atoms with Crippen molar-refractivity contribution in [2.45, 2.75) is 32.3 Å². The molecule has 100 valence electrons. The molecule has 0 aromatic carbocycles. The maximum Gasteiger partial charge on any atom is 0.306 e. The normalized spacial score (nSPS) is 14.1. The van der Waals surface area contributed by atoms with E-state index in [1.165, 1.54) is 7.11 Å². The summed E-state index contributed by atoms with van der Waals surface area (Å²) in [4.78, 5) is 22.1. The average molecular weight is 246 g/mol. The molecule has 0 fully saturated rings. The first-order valence-corrected chi connectivity index (χ1v) is 5.73. The molecule has 0 aliphatic carbocycles. The van der Waals surface area contributed by atoms with Crippen LogP contribution in [0.3, 0.4) is 0 Å². The number of nitrogens with two attached hydrogens (primary N) is 1. The second-order valence-electron chi connectivity index (χ2n) is 4.03. The van der Waals surface area contributed by atoms with Gasteiger partial charge in [0.2, 0.25) is 5.91 Å². The monoisotopic (exact) mass is 246 g/mol. The zero-order valence-electron chi connectivity index (χ0n) is 10.4. The molecule has 0 heterocycles. The van der Waals surface area contributed by atoms with Crippen LogP contribution >= 0.6 is 0 Å². The summed E-state index contributed by atoms with van der Waals surface area (Å²) in [5.74, 6) is -1.14. The molecule has 2 atom stereocenters. The lowest BCUT2D eigenvalue weighted by Crippen LogP contribution is -2.37. The summed E-state index contributed by atoms with van der Waals surface area (Å²) in [7, 11) is 1.43. The Balaban J connectivity index is 3.90. The van der Waals surface area contributed by atoms with Crippen molar-refractivity contribution < 1.29 is 19.4 Å². The van der Waals surface area contributed by atoms with Gasteiger partial charge in [-0.2, -0.15) is 0 Å².